The molecule has 0 unspecified atom stereocenters. The summed E-state index contributed by atoms with van der Waals surface area (Å²) in [5, 5.41) is 0. The quantitative estimate of drug-likeness (QED) is 0.333. The number of carbonyl (C=O) groups excluding carboxylic acids is 1. The first kappa shape index (κ1) is 20.6. The van der Waals surface area contributed by atoms with E-state index < -0.39 is 29.5 Å². The summed E-state index contributed by atoms with van der Waals surface area (Å²) in [5.41, 5.74) is 2.75. The van der Waals surface area contributed by atoms with Crippen LogP contribution in [0.25, 0.3) is 11.1 Å². The van der Waals surface area contributed by atoms with Crippen LogP contribution >= 0.6 is 0 Å². The molecule has 3 aromatic rings. The minimum Gasteiger partial charge on any atom is -0.420 e. The third-order valence-corrected chi connectivity index (χ3v) is 4.73. The molecular weight excluding hydrogens is 377 g/mol. The Morgan fingerprint density at radius 2 is 1.52 bits per heavy atom. The molecule has 0 N–H and O–H groups in total. The van der Waals surface area contributed by atoms with Crippen LogP contribution in [0.3, 0.4) is 0 Å². The zero-order valence-corrected chi connectivity index (χ0v) is 16.2. The number of ether oxygens (including phenoxy) is 1. The van der Waals surface area contributed by atoms with Crippen molar-refractivity contribution in [1.82, 2.24) is 0 Å². The maximum absolute atomic E-state index is 14.3. The molecule has 0 bridgehead atoms. The Bertz CT molecular complexity index is 994. The highest BCUT2D eigenvalue weighted by molar-refractivity contribution is 5.91. The molecule has 0 aromatic heterocycles. The fraction of sp³-hybridized carbons (Fsp3) is 0.208. The van der Waals surface area contributed by atoms with Crippen molar-refractivity contribution in [3.05, 3.63) is 88.7 Å². The number of rotatable bonds is 6. The van der Waals surface area contributed by atoms with Crippen molar-refractivity contribution < 1.29 is 22.7 Å². The molecule has 0 heterocycles. The van der Waals surface area contributed by atoms with Gasteiger partial charge in [0.2, 0.25) is 0 Å². The van der Waals surface area contributed by atoms with Gasteiger partial charge in [-0.15, -0.1) is 0 Å². The normalized spacial score (nSPS) is 11.0. The summed E-state index contributed by atoms with van der Waals surface area (Å²) in [7, 11) is 0. The van der Waals surface area contributed by atoms with Crippen molar-refractivity contribution in [2.24, 2.45) is 0 Å². The molecule has 0 saturated carbocycles. The molecule has 2 nitrogen and oxygen atoms in total. The average Bonchev–Trinajstić information content (AvgIpc) is 2.71. The minimum atomic E-state index is -2.99. The Morgan fingerprint density at radius 1 is 0.931 bits per heavy atom. The molecular formula is C24H21F3O2. The first-order chi connectivity index (χ1) is 13.9. The molecule has 0 spiro atoms. The van der Waals surface area contributed by atoms with E-state index >= 15 is 0 Å². The molecule has 3 rings (SSSR count). The summed E-state index contributed by atoms with van der Waals surface area (Å²) < 4.78 is 45.3. The van der Waals surface area contributed by atoms with E-state index in [2.05, 4.69) is 19.1 Å². The number of alkyl halides is 2. The van der Waals surface area contributed by atoms with E-state index in [1.54, 1.807) is 24.3 Å². The first-order valence-corrected chi connectivity index (χ1v) is 9.39. The van der Waals surface area contributed by atoms with Gasteiger partial charge in [0, 0.05) is 0 Å². The van der Waals surface area contributed by atoms with Crippen molar-refractivity contribution in [3.8, 4) is 16.9 Å². The highest BCUT2D eigenvalue weighted by Crippen LogP contribution is 2.31. The van der Waals surface area contributed by atoms with Crippen LogP contribution < -0.4 is 4.74 Å². The van der Waals surface area contributed by atoms with Gasteiger partial charge in [0.15, 0.2) is 11.6 Å². The summed E-state index contributed by atoms with van der Waals surface area (Å²) in [4.78, 5) is 12.3. The van der Waals surface area contributed by atoms with Gasteiger partial charge in [-0.1, -0.05) is 55.8 Å². The topological polar surface area (TPSA) is 26.3 Å². The number of halogens is 3. The van der Waals surface area contributed by atoms with Gasteiger partial charge in [-0.25, -0.2) is 18.0 Å². The molecule has 0 saturated heterocycles. The molecule has 0 atom stereocenters. The lowest BCUT2D eigenvalue weighted by Gasteiger charge is -2.11. The van der Waals surface area contributed by atoms with Crippen molar-refractivity contribution >= 4 is 5.97 Å². The highest BCUT2D eigenvalue weighted by Gasteiger charge is 2.22. The predicted molar refractivity (Wildman–Crippen MR) is 107 cm³/mol. The molecule has 5 heteroatoms. The van der Waals surface area contributed by atoms with Crippen LogP contribution in [0.1, 0.15) is 46.8 Å². The number of benzene rings is 3. The first-order valence-electron chi connectivity index (χ1n) is 9.39. The summed E-state index contributed by atoms with van der Waals surface area (Å²) in [5.74, 6) is -2.53. The minimum absolute atomic E-state index is 0.103. The monoisotopic (exact) mass is 398 g/mol. The third kappa shape index (κ3) is 4.67. The largest absolute Gasteiger partial charge is 0.420 e. The molecule has 0 amide bonds. The Kier molecular flexibility index (Phi) is 6.37. The summed E-state index contributed by atoms with van der Waals surface area (Å²) in [6, 6.07) is 17.3. The molecule has 0 radical (unpaired) electrons. The van der Waals surface area contributed by atoms with Crippen LogP contribution in [0.2, 0.25) is 0 Å². The van der Waals surface area contributed by atoms with Gasteiger partial charge >= 0.3 is 5.97 Å². The van der Waals surface area contributed by atoms with Crippen molar-refractivity contribution in [2.45, 2.75) is 33.1 Å². The van der Waals surface area contributed by atoms with Gasteiger partial charge in [0.05, 0.1) is 11.1 Å². The van der Waals surface area contributed by atoms with Crippen molar-refractivity contribution in [2.75, 3.05) is 0 Å². The van der Waals surface area contributed by atoms with Crippen LogP contribution in [-0.4, -0.2) is 5.97 Å². The SMILES string of the molecule is CCCc1ccc(-c2ccc(C(=O)Oc3ccc(C)c(C(F)F)c3F)cc2)cc1. The second kappa shape index (κ2) is 8.95. The average molecular weight is 398 g/mol. The smallest absolute Gasteiger partial charge is 0.343 e. The summed E-state index contributed by atoms with van der Waals surface area (Å²) in [6.07, 6.45) is -0.888. The lowest BCUT2D eigenvalue weighted by molar-refractivity contribution is 0.0724. The van der Waals surface area contributed by atoms with E-state index in [0.29, 0.717) is 0 Å². The lowest BCUT2D eigenvalue weighted by atomic mass is 10.0. The van der Waals surface area contributed by atoms with E-state index in [1.165, 1.54) is 24.6 Å². The molecule has 3 aromatic carbocycles. The molecule has 0 aliphatic carbocycles. The Labute approximate surface area is 168 Å². The van der Waals surface area contributed by atoms with E-state index in [-0.39, 0.29) is 11.1 Å². The Hall–Kier alpha value is -3.08. The fourth-order valence-corrected chi connectivity index (χ4v) is 3.13. The lowest BCUT2D eigenvalue weighted by Crippen LogP contribution is -2.10. The molecule has 29 heavy (non-hydrogen) atoms. The van der Waals surface area contributed by atoms with Crippen LogP contribution in [0, 0.1) is 12.7 Å². The molecule has 150 valence electrons. The predicted octanol–water partition coefficient (Wildman–Crippen LogP) is 6.91. The second-order valence-corrected chi connectivity index (χ2v) is 6.82. The fourth-order valence-electron chi connectivity index (χ4n) is 3.13. The number of hydrogen-bond donors (Lipinski definition) is 0. The number of carbonyl (C=O) groups is 1. The molecule has 0 fully saturated rings. The van der Waals surface area contributed by atoms with Gasteiger partial charge in [-0.2, -0.15) is 0 Å². The number of hydrogen-bond acceptors (Lipinski definition) is 2. The Morgan fingerprint density at radius 3 is 2.07 bits per heavy atom. The van der Waals surface area contributed by atoms with Crippen LogP contribution in [0.4, 0.5) is 13.2 Å². The third-order valence-electron chi connectivity index (χ3n) is 4.73. The van der Waals surface area contributed by atoms with Gasteiger partial charge in [-0.3, -0.25) is 0 Å². The van der Waals surface area contributed by atoms with E-state index in [1.807, 2.05) is 12.1 Å². The second-order valence-electron chi connectivity index (χ2n) is 6.82. The van der Waals surface area contributed by atoms with Crippen LogP contribution in [0.5, 0.6) is 5.75 Å². The van der Waals surface area contributed by atoms with E-state index in [9.17, 15) is 18.0 Å². The Balaban J connectivity index is 1.77. The van der Waals surface area contributed by atoms with Gasteiger partial charge in [0.25, 0.3) is 6.43 Å². The van der Waals surface area contributed by atoms with E-state index in [0.717, 1.165) is 24.0 Å². The molecule has 0 aliphatic rings. The van der Waals surface area contributed by atoms with Crippen molar-refractivity contribution in [3.63, 3.8) is 0 Å². The summed E-state index contributed by atoms with van der Waals surface area (Å²) in [6.45, 7) is 3.51. The highest BCUT2D eigenvalue weighted by atomic mass is 19.3. The standard InChI is InChI=1S/C24H21F3O2/c1-3-4-16-6-8-17(9-7-16)18-10-12-19(13-11-18)24(28)29-20-14-5-15(2)21(22(20)25)23(26)27/h5-14,23H,3-4H2,1-2H3. The van der Waals surface area contributed by atoms with Crippen molar-refractivity contribution in [1.29, 1.82) is 0 Å². The number of aryl methyl sites for hydroxylation is 2. The van der Waals surface area contributed by atoms with Gasteiger partial charge in [-0.05, 0) is 53.8 Å². The zero-order valence-electron chi connectivity index (χ0n) is 16.2. The maximum Gasteiger partial charge on any atom is 0.343 e. The van der Waals surface area contributed by atoms with Gasteiger partial charge in [0.1, 0.15) is 0 Å². The number of esters is 1. The zero-order chi connectivity index (χ0) is 21.0. The molecule has 0 aliphatic heterocycles. The van der Waals surface area contributed by atoms with E-state index in [4.69, 9.17) is 4.74 Å². The van der Waals surface area contributed by atoms with Gasteiger partial charge < -0.3 is 4.74 Å². The summed E-state index contributed by atoms with van der Waals surface area (Å²) >= 11 is 0. The maximum atomic E-state index is 14.3. The van der Waals surface area contributed by atoms with Crippen LogP contribution in [0.15, 0.2) is 60.7 Å². The van der Waals surface area contributed by atoms with Crippen LogP contribution in [-0.2, 0) is 6.42 Å².